The van der Waals surface area contributed by atoms with E-state index in [1.807, 2.05) is 0 Å². The zero-order valence-corrected chi connectivity index (χ0v) is 11.3. The summed E-state index contributed by atoms with van der Waals surface area (Å²) in [5.74, 6) is -1.27. The van der Waals surface area contributed by atoms with E-state index >= 15 is 0 Å². The number of hydrogen-bond acceptors (Lipinski definition) is 4. The van der Waals surface area contributed by atoms with E-state index in [2.05, 4.69) is 11.3 Å². The van der Waals surface area contributed by atoms with Gasteiger partial charge in [0.25, 0.3) is 10.0 Å². The lowest BCUT2D eigenvalue weighted by molar-refractivity contribution is -0.138. The Hall–Kier alpha value is -2.12. The van der Waals surface area contributed by atoms with E-state index in [1.54, 1.807) is 24.3 Å². The van der Waals surface area contributed by atoms with Crippen LogP contribution in [0, 0.1) is 0 Å². The van der Waals surface area contributed by atoms with Crippen molar-refractivity contribution in [3.8, 4) is 0 Å². The van der Waals surface area contributed by atoms with Crippen molar-refractivity contribution in [1.29, 1.82) is 0 Å². The highest BCUT2D eigenvalue weighted by Gasteiger charge is 2.27. The van der Waals surface area contributed by atoms with Gasteiger partial charge in [0.05, 0.1) is 0 Å². The predicted octanol–water partition coefficient (Wildman–Crippen LogP) is 1.74. The number of furan rings is 1. The topological polar surface area (TPSA) is 96.6 Å². The lowest BCUT2D eigenvalue weighted by Crippen LogP contribution is -2.40. The number of sulfonamides is 1. The number of para-hydroxylation sites is 1. The van der Waals surface area contributed by atoms with Gasteiger partial charge in [-0.3, -0.25) is 4.79 Å². The summed E-state index contributed by atoms with van der Waals surface area (Å²) in [6.07, 6.45) is 1.31. The quantitative estimate of drug-likeness (QED) is 0.791. The number of hydrogen-bond donors (Lipinski definition) is 2. The fourth-order valence-electron chi connectivity index (χ4n) is 1.70. The first-order chi connectivity index (χ1) is 9.44. The molecule has 0 aliphatic heterocycles. The van der Waals surface area contributed by atoms with Gasteiger partial charge >= 0.3 is 5.97 Å². The Morgan fingerprint density at radius 1 is 1.45 bits per heavy atom. The minimum absolute atomic E-state index is 0.0191. The second-order valence-electron chi connectivity index (χ2n) is 4.14. The van der Waals surface area contributed by atoms with Crippen molar-refractivity contribution in [2.75, 3.05) is 0 Å². The standard InChI is InChI=1S/C13H13NO5S/c1-2-5-10(13(15)16)14-20(17,18)12-8-9-6-3-4-7-11(9)19-12/h2-4,6-8,10,14H,1,5H2,(H,15,16). The van der Waals surface area contributed by atoms with Crippen LogP contribution in [0.5, 0.6) is 0 Å². The second-order valence-corrected chi connectivity index (χ2v) is 5.78. The highest BCUT2D eigenvalue weighted by molar-refractivity contribution is 7.89. The fourth-order valence-corrected chi connectivity index (χ4v) is 2.87. The SMILES string of the molecule is C=CCC(NS(=O)(=O)c1cc2ccccc2o1)C(=O)O. The van der Waals surface area contributed by atoms with Gasteiger partial charge in [-0.15, -0.1) is 6.58 Å². The molecule has 2 aromatic rings. The molecule has 0 bridgehead atoms. The smallest absolute Gasteiger partial charge is 0.322 e. The van der Waals surface area contributed by atoms with Crippen molar-refractivity contribution in [2.24, 2.45) is 0 Å². The molecule has 1 atom stereocenters. The van der Waals surface area contributed by atoms with Crippen LogP contribution in [0.1, 0.15) is 6.42 Å². The highest BCUT2D eigenvalue weighted by Crippen LogP contribution is 2.22. The van der Waals surface area contributed by atoms with Gasteiger partial charge in [0, 0.05) is 11.5 Å². The molecule has 0 spiro atoms. The normalized spacial score (nSPS) is 13.2. The van der Waals surface area contributed by atoms with E-state index in [9.17, 15) is 13.2 Å². The molecule has 2 rings (SSSR count). The summed E-state index contributed by atoms with van der Waals surface area (Å²) in [4.78, 5) is 11.0. The van der Waals surface area contributed by atoms with Crippen LogP contribution in [0.15, 0.2) is 52.5 Å². The largest absolute Gasteiger partial charge is 0.480 e. The van der Waals surface area contributed by atoms with Crippen molar-refractivity contribution >= 4 is 27.0 Å². The van der Waals surface area contributed by atoms with Crippen LogP contribution < -0.4 is 4.72 Å². The Morgan fingerprint density at radius 2 is 2.15 bits per heavy atom. The first kappa shape index (κ1) is 14.3. The molecule has 0 saturated carbocycles. The number of fused-ring (bicyclic) bond motifs is 1. The van der Waals surface area contributed by atoms with Crippen LogP contribution in [0.2, 0.25) is 0 Å². The van der Waals surface area contributed by atoms with Crippen molar-refractivity contribution < 1.29 is 22.7 Å². The molecule has 1 unspecified atom stereocenters. The molecule has 6 nitrogen and oxygen atoms in total. The second kappa shape index (κ2) is 5.48. The molecule has 0 aliphatic rings. The average Bonchev–Trinajstić information content (AvgIpc) is 2.82. The van der Waals surface area contributed by atoms with E-state index in [1.165, 1.54) is 12.1 Å². The predicted molar refractivity (Wildman–Crippen MR) is 72.8 cm³/mol. The van der Waals surface area contributed by atoms with Gasteiger partial charge in [0.2, 0.25) is 5.09 Å². The van der Waals surface area contributed by atoms with Gasteiger partial charge in [-0.2, -0.15) is 4.72 Å². The van der Waals surface area contributed by atoms with Gasteiger partial charge in [-0.05, 0) is 12.5 Å². The van der Waals surface area contributed by atoms with E-state index in [4.69, 9.17) is 9.52 Å². The lowest BCUT2D eigenvalue weighted by Gasteiger charge is -2.11. The molecule has 20 heavy (non-hydrogen) atoms. The molecule has 0 amide bonds. The summed E-state index contributed by atoms with van der Waals surface area (Å²) in [7, 11) is -4.03. The number of carboxylic acids is 1. The van der Waals surface area contributed by atoms with E-state index in [0.717, 1.165) is 0 Å². The van der Waals surface area contributed by atoms with Crippen LogP contribution in [0.4, 0.5) is 0 Å². The fraction of sp³-hybridized carbons (Fsp3) is 0.154. The first-order valence-corrected chi connectivity index (χ1v) is 7.27. The summed E-state index contributed by atoms with van der Waals surface area (Å²) in [5.41, 5.74) is 0.420. The molecule has 2 N–H and O–H groups in total. The third-order valence-electron chi connectivity index (χ3n) is 2.67. The lowest BCUT2D eigenvalue weighted by atomic mass is 10.2. The molecular formula is C13H13NO5S. The molecule has 106 valence electrons. The van der Waals surface area contributed by atoms with E-state index < -0.39 is 22.0 Å². The number of carbonyl (C=O) groups is 1. The number of nitrogens with one attached hydrogen (secondary N) is 1. The van der Waals surface area contributed by atoms with Crippen LogP contribution in [-0.2, 0) is 14.8 Å². The highest BCUT2D eigenvalue weighted by atomic mass is 32.2. The summed E-state index contributed by atoms with van der Waals surface area (Å²) >= 11 is 0. The van der Waals surface area contributed by atoms with Crippen LogP contribution in [0.3, 0.4) is 0 Å². The molecular weight excluding hydrogens is 282 g/mol. The Bertz CT molecular complexity index is 714. The number of rotatable bonds is 6. The van der Waals surface area contributed by atoms with Gasteiger partial charge in [0.1, 0.15) is 11.6 Å². The molecule has 1 heterocycles. The summed E-state index contributed by atoms with van der Waals surface area (Å²) in [5, 5.41) is 9.27. The number of carboxylic acid groups (broad SMARTS) is 1. The Labute approximate surface area is 115 Å². The van der Waals surface area contributed by atoms with Crippen LogP contribution in [-0.4, -0.2) is 25.5 Å². The maximum atomic E-state index is 12.1. The van der Waals surface area contributed by atoms with Crippen molar-refractivity contribution in [3.05, 3.63) is 43.0 Å². The van der Waals surface area contributed by atoms with Crippen molar-refractivity contribution in [3.63, 3.8) is 0 Å². The summed E-state index contributed by atoms with van der Waals surface area (Å²) in [6, 6.07) is 6.88. The summed E-state index contributed by atoms with van der Waals surface area (Å²) in [6.45, 7) is 3.40. The average molecular weight is 295 g/mol. The monoisotopic (exact) mass is 295 g/mol. The van der Waals surface area contributed by atoms with E-state index in [0.29, 0.717) is 11.0 Å². The number of benzene rings is 1. The van der Waals surface area contributed by atoms with Crippen molar-refractivity contribution in [2.45, 2.75) is 17.6 Å². The number of aliphatic carboxylic acids is 1. The van der Waals surface area contributed by atoms with E-state index in [-0.39, 0.29) is 11.5 Å². The molecule has 0 radical (unpaired) electrons. The maximum absolute atomic E-state index is 12.1. The maximum Gasteiger partial charge on any atom is 0.322 e. The zero-order valence-electron chi connectivity index (χ0n) is 10.4. The van der Waals surface area contributed by atoms with Gasteiger partial charge < -0.3 is 9.52 Å². The first-order valence-electron chi connectivity index (χ1n) is 5.78. The van der Waals surface area contributed by atoms with Crippen LogP contribution >= 0.6 is 0 Å². The minimum Gasteiger partial charge on any atom is -0.480 e. The molecule has 0 aliphatic carbocycles. The molecule has 0 fully saturated rings. The van der Waals surface area contributed by atoms with Gasteiger partial charge in [-0.1, -0.05) is 24.3 Å². The zero-order chi connectivity index (χ0) is 14.8. The Kier molecular flexibility index (Phi) is 3.91. The third-order valence-corrected chi connectivity index (χ3v) is 3.99. The molecule has 1 aromatic carbocycles. The third kappa shape index (κ3) is 2.89. The van der Waals surface area contributed by atoms with Gasteiger partial charge in [-0.25, -0.2) is 8.42 Å². The molecule has 0 saturated heterocycles. The summed E-state index contributed by atoms with van der Waals surface area (Å²) < 4.78 is 31.5. The Morgan fingerprint density at radius 3 is 2.75 bits per heavy atom. The van der Waals surface area contributed by atoms with Crippen LogP contribution in [0.25, 0.3) is 11.0 Å². The Balaban J connectivity index is 2.34. The van der Waals surface area contributed by atoms with Crippen molar-refractivity contribution in [1.82, 2.24) is 4.72 Å². The molecule has 7 heteroatoms. The minimum atomic E-state index is -4.03. The molecule has 1 aromatic heterocycles. The van der Waals surface area contributed by atoms with Gasteiger partial charge in [0.15, 0.2) is 0 Å².